The Morgan fingerprint density at radius 3 is 2.30 bits per heavy atom. The highest BCUT2D eigenvalue weighted by Gasteiger charge is 2.45. The first kappa shape index (κ1) is 40.6. The van der Waals surface area contributed by atoms with E-state index in [4.69, 9.17) is 9.47 Å². The minimum Gasteiger partial charge on any atom is -0.496 e. The maximum Gasteiger partial charge on any atom is 0.276 e. The van der Waals surface area contributed by atoms with Gasteiger partial charge in [-0.15, -0.1) is 0 Å². The number of hydrogen-bond donors (Lipinski definition) is 3. The second-order valence-corrected chi connectivity index (χ2v) is 14.6. The Kier molecular flexibility index (Phi) is 12.7. The normalized spacial score (nSPS) is 15.3. The molecule has 5 amide bonds. The molecule has 1 fully saturated rings. The molecule has 57 heavy (non-hydrogen) atoms. The molecule has 6 rings (SSSR count). The van der Waals surface area contributed by atoms with Crippen LogP contribution in [0.15, 0.2) is 47.5 Å². The summed E-state index contributed by atoms with van der Waals surface area (Å²) in [6.45, 7) is 1.80. The minimum absolute atomic E-state index is 0.0740. The van der Waals surface area contributed by atoms with E-state index < -0.39 is 29.7 Å². The van der Waals surface area contributed by atoms with Gasteiger partial charge in [-0.2, -0.15) is 5.10 Å². The van der Waals surface area contributed by atoms with Gasteiger partial charge in [-0.25, -0.2) is 0 Å². The van der Waals surface area contributed by atoms with Gasteiger partial charge in [0.2, 0.25) is 17.7 Å². The number of imide groups is 2. The molecule has 1 unspecified atom stereocenters. The number of rotatable bonds is 18. The van der Waals surface area contributed by atoms with Crippen LogP contribution < -0.4 is 31.0 Å². The van der Waals surface area contributed by atoms with Gasteiger partial charge in [-0.05, 0) is 56.1 Å². The number of benzene rings is 2. The predicted molar refractivity (Wildman–Crippen MR) is 213 cm³/mol. The molecule has 16 nitrogen and oxygen atoms in total. The van der Waals surface area contributed by atoms with Gasteiger partial charge < -0.3 is 24.7 Å². The third-order valence-electron chi connectivity index (χ3n) is 10.5. The number of nitrogens with zero attached hydrogens (tertiary/aromatic N) is 5. The first-order chi connectivity index (χ1) is 27.4. The predicted octanol–water partition coefficient (Wildman–Crippen LogP) is 3.36. The number of carbonyl (C=O) groups is 5. The molecule has 4 aromatic rings. The van der Waals surface area contributed by atoms with E-state index in [-0.39, 0.29) is 42.0 Å². The second kappa shape index (κ2) is 17.8. The maximum absolute atomic E-state index is 13.3. The molecule has 0 spiro atoms. The van der Waals surface area contributed by atoms with Crippen LogP contribution in [0.4, 0.5) is 5.69 Å². The van der Waals surface area contributed by atoms with Gasteiger partial charge in [0.1, 0.15) is 23.1 Å². The van der Waals surface area contributed by atoms with Gasteiger partial charge in [0.25, 0.3) is 17.4 Å². The Morgan fingerprint density at radius 2 is 1.61 bits per heavy atom. The molecule has 302 valence electrons. The Balaban J connectivity index is 0.901. The third kappa shape index (κ3) is 8.70. The Morgan fingerprint density at radius 1 is 0.930 bits per heavy atom. The molecular weight excluding hydrogens is 732 g/mol. The van der Waals surface area contributed by atoms with E-state index in [9.17, 15) is 28.8 Å². The monoisotopic (exact) mass is 782 g/mol. The number of nitrogens with one attached hydrogen (secondary N) is 3. The summed E-state index contributed by atoms with van der Waals surface area (Å²) in [6, 6.07) is 7.88. The number of hydrogen-bond acceptors (Lipinski definition) is 11. The van der Waals surface area contributed by atoms with Gasteiger partial charge in [0.15, 0.2) is 0 Å². The van der Waals surface area contributed by atoms with Crippen molar-refractivity contribution < 1.29 is 33.4 Å². The first-order valence-electron chi connectivity index (χ1n) is 19.2. The number of aromatic nitrogens is 3. The number of fused-ring (bicyclic) bond motifs is 2. The highest BCUT2D eigenvalue weighted by atomic mass is 16.5. The SMILES string of the molecule is COc1cc(-c2cn(C)c(=O)c3c2cnn3C)cc(OC)c1CN(C)CC(=O)NCCCCCCCCNc1cccc2c1C(=O)N(C1CCC(=O)NC1=O)C2=O. The highest BCUT2D eigenvalue weighted by molar-refractivity contribution is 6.25. The number of anilines is 1. The van der Waals surface area contributed by atoms with Crippen molar-refractivity contribution in [1.82, 2.24) is 34.8 Å². The number of unbranched alkanes of at least 4 members (excludes halogenated alkanes) is 5. The van der Waals surface area contributed by atoms with Gasteiger partial charge in [-0.1, -0.05) is 31.7 Å². The molecule has 0 saturated carbocycles. The van der Waals surface area contributed by atoms with Crippen molar-refractivity contribution in [3.8, 4) is 22.6 Å². The molecule has 0 radical (unpaired) electrons. The largest absolute Gasteiger partial charge is 0.496 e. The molecule has 4 heterocycles. The van der Waals surface area contributed by atoms with Crippen molar-refractivity contribution in [3.63, 3.8) is 0 Å². The standard InChI is InChI=1S/C41H50N8O8/c1-46(22-29-32(56-4)19-25(20-33(29)57-5)28-23-47(2)41(55)37-27(28)21-44-48(37)3)24-35(51)43-18-11-9-7-6-8-10-17-42-30-14-12-13-26-36(30)40(54)49(39(26)53)31-15-16-34(50)45-38(31)52/h12-14,19-21,23,31,42H,6-11,15-18,22,24H2,1-5H3,(H,43,51)(H,45,50,52). The van der Waals surface area contributed by atoms with E-state index in [1.165, 1.54) is 4.57 Å². The lowest BCUT2D eigenvalue weighted by atomic mass is 10.0. The smallest absolute Gasteiger partial charge is 0.276 e. The maximum atomic E-state index is 13.3. The van der Waals surface area contributed by atoms with E-state index >= 15 is 0 Å². The molecule has 2 aliphatic rings. The zero-order valence-electron chi connectivity index (χ0n) is 33.1. The first-order valence-corrected chi connectivity index (χ1v) is 19.2. The van der Waals surface area contributed by atoms with Crippen LogP contribution in [0.25, 0.3) is 22.0 Å². The number of methoxy groups -OCH3 is 2. The highest BCUT2D eigenvalue weighted by Crippen LogP contribution is 2.38. The van der Waals surface area contributed by atoms with Crippen molar-refractivity contribution in [3.05, 3.63) is 69.8 Å². The Hall–Kier alpha value is -6.03. The molecular formula is C41H50N8O8. The van der Waals surface area contributed by atoms with Crippen LogP contribution in [0.5, 0.6) is 11.5 Å². The van der Waals surface area contributed by atoms with Crippen molar-refractivity contribution in [2.24, 2.45) is 14.1 Å². The average molecular weight is 783 g/mol. The molecule has 1 saturated heterocycles. The number of aryl methyl sites for hydroxylation is 2. The van der Waals surface area contributed by atoms with Crippen LogP contribution in [-0.2, 0) is 35.0 Å². The van der Waals surface area contributed by atoms with Crippen LogP contribution in [0.3, 0.4) is 0 Å². The van der Waals surface area contributed by atoms with E-state index in [0.29, 0.717) is 42.3 Å². The van der Waals surface area contributed by atoms with Crippen LogP contribution in [-0.4, -0.2) is 101 Å². The van der Waals surface area contributed by atoms with Gasteiger partial charge in [0.05, 0.1) is 43.7 Å². The van der Waals surface area contributed by atoms with Crippen LogP contribution in [0.1, 0.15) is 77.6 Å². The zero-order chi connectivity index (χ0) is 40.8. The average Bonchev–Trinajstić information content (AvgIpc) is 3.70. The molecule has 2 aromatic heterocycles. The van der Waals surface area contributed by atoms with E-state index in [1.54, 1.807) is 63.6 Å². The van der Waals surface area contributed by atoms with Crippen LogP contribution in [0, 0.1) is 0 Å². The number of likely N-dealkylation sites (N-methyl/N-ethyl adjacent to an activating group) is 1. The fourth-order valence-electron chi connectivity index (χ4n) is 7.60. The lowest BCUT2D eigenvalue weighted by Gasteiger charge is -2.27. The molecule has 0 bridgehead atoms. The quantitative estimate of drug-likeness (QED) is 0.0993. The van der Waals surface area contributed by atoms with Gasteiger partial charge in [0, 0.05) is 63.0 Å². The third-order valence-corrected chi connectivity index (χ3v) is 10.5. The summed E-state index contributed by atoms with van der Waals surface area (Å²) in [6.07, 6.45) is 9.37. The Labute approximate surface area is 330 Å². The topological polar surface area (TPSA) is 186 Å². The summed E-state index contributed by atoms with van der Waals surface area (Å²) >= 11 is 0. The van der Waals surface area contributed by atoms with Gasteiger partial charge in [-0.3, -0.25) is 48.6 Å². The number of pyridine rings is 1. The number of piperidine rings is 1. The number of amides is 5. The molecule has 1 atom stereocenters. The summed E-state index contributed by atoms with van der Waals surface area (Å²) < 4.78 is 14.7. The zero-order valence-corrected chi connectivity index (χ0v) is 33.1. The summed E-state index contributed by atoms with van der Waals surface area (Å²) in [4.78, 5) is 78.8. The van der Waals surface area contributed by atoms with Crippen molar-refractivity contribution >= 4 is 46.1 Å². The summed E-state index contributed by atoms with van der Waals surface area (Å²) in [7, 11) is 8.51. The molecule has 0 aliphatic carbocycles. The Bertz CT molecular complexity index is 2240. The fourth-order valence-corrected chi connectivity index (χ4v) is 7.60. The van der Waals surface area contributed by atoms with E-state index in [2.05, 4.69) is 21.0 Å². The van der Waals surface area contributed by atoms with Crippen LogP contribution >= 0.6 is 0 Å². The minimum atomic E-state index is -0.997. The number of carbonyl (C=O) groups excluding carboxylic acids is 5. The van der Waals surface area contributed by atoms with Crippen molar-refractivity contribution in [1.29, 1.82) is 0 Å². The van der Waals surface area contributed by atoms with Crippen molar-refractivity contribution in [2.45, 2.75) is 64.0 Å². The van der Waals surface area contributed by atoms with Crippen LogP contribution in [0.2, 0.25) is 0 Å². The molecule has 3 N–H and O–H groups in total. The lowest BCUT2D eigenvalue weighted by Crippen LogP contribution is -2.54. The molecule has 16 heteroatoms. The number of ether oxygens (including phenoxy) is 2. The fraction of sp³-hybridized carbons (Fsp3) is 0.439. The second-order valence-electron chi connectivity index (χ2n) is 14.6. The van der Waals surface area contributed by atoms with E-state index in [1.807, 2.05) is 24.1 Å². The summed E-state index contributed by atoms with van der Waals surface area (Å²) in [5.41, 5.74) is 3.88. The van der Waals surface area contributed by atoms with Gasteiger partial charge >= 0.3 is 0 Å². The van der Waals surface area contributed by atoms with E-state index in [0.717, 1.165) is 65.5 Å². The van der Waals surface area contributed by atoms with Crippen molar-refractivity contribution in [2.75, 3.05) is 46.2 Å². The molecule has 2 aromatic carbocycles. The molecule has 2 aliphatic heterocycles. The summed E-state index contributed by atoms with van der Waals surface area (Å²) in [5.74, 6) is -0.948. The summed E-state index contributed by atoms with van der Waals surface area (Å²) in [5, 5.41) is 13.6. The lowest BCUT2D eigenvalue weighted by molar-refractivity contribution is -0.136.